The molecule has 0 N–H and O–H groups in total. The molecule has 1 heterocycles. The van der Waals surface area contributed by atoms with Gasteiger partial charge in [-0.25, -0.2) is 4.79 Å². The van der Waals surface area contributed by atoms with Gasteiger partial charge in [0.25, 0.3) is 0 Å². The third kappa shape index (κ3) is 1.91. The minimum atomic E-state index is -0.342. The van der Waals surface area contributed by atoms with E-state index in [0.29, 0.717) is 12.1 Å². The first-order chi connectivity index (χ1) is 7.74. The van der Waals surface area contributed by atoms with Crippen LogP contribution in [0.1, 0.15) is 21.5 Å². The summed E-state index contributed by atoms with van der Waals surface area (Å²) in [6.07, 6.45) is 1.68. The first kappa shape index (κ1) is 10.7. The molecule has 0 spiro atoms. The van der Waals surface area contributed by atoms with Crippen molar-refractivity contribution < 1.29 is 14.3 Å². The van der Waals surface area contributed by atoms with Gasteiger partial charge in [0.1, 0.15) is 0 Å². The van der Waals surface area contributed by atoms with Crippen LogP contribution in [0.4, 0.5) is 0 Å². The van der Waals surface area contributed by atoms with Gasteiger partial charge >= 0.3 is 5.97 Å². The van der Waals surface area contributed by atoms with E-state index < -0.39 is 0 Å². The number of methoxy groups -OCH3 is 1. The maximum atomic E-state index is 11.3. The molecule has 16 heavy (non-hydrogen) atoms. The van der Waals surface area contributed by atoms with Gasteiger partial charge in [-0.05, 0) is 29.7 Å². The Kier molecular flexibility index (Phi) is 2.90. The van der Waals surface area contributed by atoms with E-state index in [0.717, 1.165) is 24.9 Å². The van der Waals surface area contributed by atoms with Crippen LogP contribution in [0.5, 0.6) is 0 Å². The fraction of sp³-hybridized carbons (Fsp3) is 0.333. The highest BCUT2D eigenvalue weighted by molar-refractivity contribution is 5.89. The summed E-state index contributed by atoms with van der Waals surface area (Å²) in [5, 5.41) is 0. The average Bonchev–Trinajstić information content (AvgIpc) is 2.36. The van der Waals surface area contributed by atoms with Crippen LogP contribution in [0.2, 0.25) is 0 Å². The molecule has 4 heteroatoms. The molecule has 1 aliphatic rings. The van der Waals surface area contributed by atoms with E-state index in [9.17, 15) is 9.59 Å². The number of hydrogen-bond acceptors (Lipinski definition) is 3. The zero-order valence-corrected chi connectivity index (χ0v) is 9.10. The van der Waals surface area contributed by atoms with Crippen LogP contribution in [0.15, 0.2) is 18.2 Å². The molecular weight excluding hydrogens is 206 g/mol. The van der Waals surface area contributed by atoms with Gasteiger partial charge < -0.3 is 9.64 Å². The molecule has 0 fully saturated rings. The van der Waals surface area contributed by atoms with Crippen molar-refractivity contribution in [2.45, 2.75) is 13.0 Å². The molecule has 0 atom stereocenters. The Balaban J connectivity index is 2.30. The van der Waals surface area contributed by atoms with Crippen LogP contribution in [0, 0.1) is 0 Å². The quantitative estimate of drug-likeness (QED) is 0.550. The number of esters is 1. The Bertz CT molecular complexity index is 428. The van der Waals surface area contributed by atoms with Crippen LogP contribution in [-0.4, -0.2) is 30.9 Å². The van der Waals surface area contributed by atoms with Gasteiger partial charge in [0.2, 0.25) is 6.41 Å². The Morgan fingerprint density at radius 2 is 2.25 bits per heavy atom. The van der Waals surface area contributed by atoms with Crippen LogP contribution >= 0.6 is 0 Å². The Hall–Kier alpha value is -1.84. The number of carbonyl (C=O) groups excluding carboxylic acids is 2. The molecule has 1 aromatic rings. The second-order valence-corrected chi connectivity index (χ2v) is 3.80. The Morgan fingerprint density at radius 1 is 1.44 bits per heavy atom. The van der Waals surface area contributed by atoms with Gasteiger partial charge in [-0.2, -0.15) is 0 Å². The highest BCUT2D eigenvalue weighted by Crippen LogP contribution is 2.19. The largest absolute Gasteiger partial charge is 0.465 e. The Labute approximate surface area is 93.8 Å². The zero-order chi connectivity index (χ0) is 11.5. The summed E-state index contributed by atoms with van der Waals surface area (Å²) in [6, 6.07) is 5.50. The van der Waals surface area contributed by atoms with Crippen molar-refractivity contribution >= 4 is 12.4 Å². The van der Waals surface area contributed by atoms with E-state index in [-0.39, 0.29) is 5.97 Å². The third-order valence-corrected chi connectivity index (χ3v) is 2.82. The SMILES string of the molecule is COC(=O)c1ccc2c(c1)CN(C=O)CC2. The third-order valence-electron chi connectivity index (χ3n) is 2.82. The molecule has 1 amide bonds. The van der Waals surface area contributed by atoms with Crippen molar-refractivity contribution in [3.8, 4) is 0 Å². The molecule has 4 nitrogen and oxygen atoms in total. The number of benzene rings is 1. The summed E-state index contributed by atoms with van der Waals surface area (Å²) in [5.41, 5.74) is 2.76. The second kappa shape index (κ2) is 4.35. The Morgan fingerprint density at radius 3 is 2.94 bits per heavy atom. The number of carbonyl (C=O) groups is 2. The maximum absolute atomic E-state index is 11.3. The maximum Gasteiger partial charge on any atom is 0.337 e. The standard InChI is InChI=1S/C12H13NO3/c1-16-12(15)10-3-2-9-4-5-13(8-14)7-11(9)6-10/h2-3,6,8H,4-5,7H2,1H3. The predicted molar refractivity (Wildman–Crippen MR) is 58.0 cm³/mol. The van der Waals surface area contributed by atoms with E-state index in [1.807, 2.05) is 6.07 Å². The molecule has 0 bridgehead atoms. The molecule has 0 radical (unpaired) electrons. The van der Waals surface area contributed by atoms with E-state index >= 15 is 0 Å². The summed E-state index contributed by atoms with van der Waals surface area (Å²) in [6.45, 7) is 1.32. The molecule has 2 rings (SSSR count). The van der Waals surface area contributed by atoms with Gasteiger partial charge in [-0.15, -0.1) is 0 Å². The second-order valence-electron chi connectivity index (χ2n) is 3.80. The molecule has 84 valence electrons. The number of nitrogens with zero attached hydrogens (tertiary/aromatic N) is 1. The minimum absolute atomic E-state index is 0.342. The van der Waals surface area contributed by atoms with Gasteiger partial charge in [0.15, 0.2) is 0 Å². The average molecular weight is 219 g/mol. The summed E-state index contributed by atoms with van der Waals surface area (Å²) in [7, 11) is 1.36. The first-order valence-corrected chi connectivity index (χ1v) is 5.14. The van der Waals surface area contributed by atoms with Crippen molar-refractivity contribution in [1.29, 1.82) is 0 Å². The number of fused-ring (bicyclic) bond motifs is 1. The smallest absolute Gasteiger partial charge is 0.337 e. The van der Waals surface area contributed by atoms with Crippen LogP contribution in [0.3, 0.4) is 0 Å². The van der Waals surface area contributed by atoms with Crippen molar-refractivity contribution in [2.24, 2.45) is 0 Å². The molecule has 0 unspecified atom stereocenters. The monoisotopic (exact) mass is 219 g/mol. The van der Waals surface area contributed by atoms with Gasteiger partial charge in [-0.1, -0.05) is 6.07 Å². The minimum Gasteiger partial charge on any atom is -0.465 e. The molecule has 1 aliphatic heterocycles. The summed E-state index contributed by atoms with van der Waals surface area (Å²) >= 11 is 0. The fourth-order valence-corrected chi connectivity index (χ4v) is 1.91. The van der Waals surface area contributed by atoms with Crippen LogP contribution < -0.4 is 0 Å². The molecule has 0 aromatic heterocycles. The highest BCUT2D eigenvalue weighted by atomic mass is 16.5. The van der Waals surface area contributed by atoms with Crippen molar-refractivity contribution in [3.05, 3.63) is 34.9 Å². The summed E-state index contributed by atoms with van der Waals surface area (Å²) in [4.78, 5) is 23.7. The summed E-state index contributed by atoms with van der Waals surface area (Å²) in [5.74, 6) is -0.342. The van der Waals surface area contributed by atoms with Gasteiger partial charge in [-0.3, -0.25) is 4.79 Å². The molecule has 0 saturated carbocycles. The zero-order valence-electron chi connectivity index (χ0n) is 9.10. The molecule has 1 aromatic carbocycles. The highest BCUT2D eigenvalue weighted by Gasteiger charge is 2.16. The van der Waals surface area contributed by atoms with Crippen LogP contribution in [-0.2, 0) is 22.5 Å². The molecule has 0 saturated heterocycles. The van der Waals surface area contributed by atoms with Gasteiger partial charge in [0, 0.05) is 13.1 Å². The number of ether oxygens (including phenoxy) is 1. The van der Waals surface area contributed by atoms with E-state index in [4.69, 9.17) is 0 Å². The van der Waals surface area contributed by atoms with E-state index in [2.05, 4.69) is 4.74 Å². The lowest BCUT2D eigenvalue weighted by atomic mass is 9.98. The van der Waals surface area contributed by atoms with E-state index in [1.54, 1.807) is 17.0 Å². The fourth-order valence-electron chi connectivity index (χ4n) is 1.91. The number of amides is 1. The lowest BCUT2D eigenvalue weighted by Gasteiger charge is -2.25. The van der Waals surface area contributed by atoms with E-state index in [1.165, 1.54) is 12.7 Å². The lowest BCUT2D eigenvalue weighted by molar-refractivity contribution is -0.118. The lowest BCUT2D eigenvalue weighted by Crippen LogP contribution is -2.29. The first-order valence-electron chi connectivity index (χ1n) is 5.14. The molecular formula is C12H13NO3. The van der Waals surface area contributed by atoms with Crippen molar-refractivity contribution in [3.63, 3.8) is 0 Å². The van der Waals surface area contributed by atoms with Crippen LogP contribution in [0.25, 0.3) is 0 Å². The summed E-state index contributed by atoms with van der Waals surface area (Å²) < 4.78 is 4.66. The predicted octanol–water partition coefficient (Wildman–Crippen LogP) is 0.988. The van der Waals surface area contributed by atoms with Gasteiger partial charge in [0.05, 0.1) is 12.7 Å². The topological polar surface area (TPSA) is 46.6 Å². The molecule has 0 aliphatic carbocycles. The van der Waals surface area contributed by atoms with Crippen molar-refractivity contribution in [1.82, 2.24) is 4.90 Å². The number of rotatable bonds is 2. The normalized spacial score (nSPS) is 14.2. The number of hydrogen-bond donors (Lipinski definition) is 0. The van der Waals surface area contributed by atoms with Crippen molar-refractivity contribution in [2.75, 3.05) is 13.7 Å².